The van der Waals surface area contributed by atoms with E-state index in [9.17, 15) is 9.90 Å². The van der Waals surface area contributed by atoms with Gasteiger partial charge in [0.2, 0.25) is 0 Å². The summed E-state index contributed by atoms with van der Waals surface area (Å²) < 4.78 is 10.3. The topological polar surface area (TPSA) is 55.8 Å². The number of rotatable bonds is 4. The molecule has 1 aliphatic heterocycles. The standard InChI is InChI=1S/C12H22O4/c1-4-16-11(14)12(2,3)10(13)9-6-5-7-15-8-9/h9-10,13H,4-8H2,1-3H3. The molecule has 1 aliphatic rings. The van der Waals surface area contributed by atoms with Crippen LogP contribution in [0.1, 0.15) is 33.6 Å². The summed E-state index contributed by atoms with van der Waals surface area (Å²) in [7, 11) is 0. The molecule has 0 aliphatic carbocycles. The summed E-state index contributed by atoms with van der Waals surface area (Å²) in [5.41, 5.74) is -0.860. The van der Waals surface area contributed by atoms with E-state index in [4.69, 9.17) is 9.47 Å². The minimum atomic E-state index is -0.860. The molecule has 2 atom stereocenters. The van der Waals surface area contributed by atoms with Gasteiger partial charge in [0.05, 0.1) is 24.7 Å². The van der Waals surface area contributed by atoms with Crippen LogP contribution >= 0.6 is 0 Å². The summed E-state index contributed by atoms with van der Waals surface area (Å²) in [6, 6.07) is 0. The summed E-state index contributed by atoms with van der Waals surface area (Å²) in [4.78, 5) is 11.7. The van der Waals surface area contributed by atoms with E-state index in [1.165, 1.54) is 0 Å². The first kappa shape index (κ1) is 13.5. The third-order valence-corrected chi connectivity index (χ3v) is 3.18. The molecule has 94 valence electrons. The molecule has 16 heavy (non-hydrogen) atoms. The molecule has 0 bridgehead atoms. The predicted molar refractivity (Wildman–Crippen MR) is 60.0 cm³/mol. The Hall–Kier alpha value is -0.610. The molecule has 4 heteroatoms. The van der Waals surface area contributed by atoms with Gasteiger partial charge in [-0.3, -0.25) is 4.79 Å². The zero-order chi connectivity index (χ0) is 12.2. The number of hydrogen-bond donors (Lipinski definition) is 1. The molecule has 1 rings (SSSR count). The number of carbonyl (C=O) groups excluding carboxylic acids is 1. The van der Waals surface area contributed by atoms with Gasteiger partial charge in [-0.1, -0.05) is 0 Å². The van der Waals surface area contributed by atoms with Gasteiger partial charge in [-0.2, -0.15) is 0 Å². The lowest BCUT2D eigenvalue weighted by atomic mass is 9.77. The molecule has 0 aromatic rings. The van der Waals surface area contributed by atoms with Crippen LogP contribution in [0.4, 0.5) is 0 Å². The lowest BCUT2D eigenvalue weighted by molar-refractivity contribution is -0.164. The Morgan fingerprint density at radius 1 is 1.62 bits per heavy atom. The van der Waals surface area contributed by atoms with Crippen molar-refractivity contribution in [3.63, 3.8) is 0 Å². The Bertz CT molecular complexity index is 231. The fourth-order valence-electron chi connectivity index (χ4n) is 2.04. The highest BCUT2D eigenvalue weighted by Crippen LogP contribution is 2.31. The first-order chi connectivity index (χ1) is 7.50. The van der Waals surface area contributed by atoms with Gasteiger partial charge in [0, 0.05) is 12.5 Å². The number of carbonyl (C=O) groups is 1. The fraction of sp³-hybridized carbons (Fsp3) is 0.917. The molecule has 0 saturated carbocycles. The van der Waals surface area contributed by atoms with Crippen LogP contribution in [-0.4, -0.2) is 37.0 Å². The SMILES string of the molecule is CCOC(=O)C(C)(C)C(O)C1CCCOC1. The molecule has 1 fully saturated rings. The van der Waals surface area contributed by atoms with Crippen molar-refractivity contribution < 1.29 is 19.4 Å². The minimum Gasteiger partial charge on any atom is -0.466 e. The average molecular weight is 230 g/mol. The first-order valence-electron chi connectivity index (χ1n) is 5.93. The Morgan fingerprint density at radius 3 is 2.81 bits per heavy atom. The Kier molecular flexibility index (Phi) is 4.74. The van der Waals surface area contributed by atoms with Gasteiger partial charge >= 0.3 is 5.97 Å². The van der Waals surface area contributed by atoms with Gasteiger partial charge < -0.3 is 14.6 Å². The monoisotopic (exact) mass is 230 g/mol. The normalized spacial score (nSPS) is 23.9. The van der Waals surface area contributed by atoms with E-state index in [2.05, 4.69) is 0 Å². The molecule has 0 aromatic heterocycles. The first-order valence-corrected chi connectivity index (χ1v) is 5.93. The van der Waals surface area contributed by atoms with Crippen LogP contribution in [0.15, 0.2) is 0 Å². The predicted octanol–water partition coefficient (Wildman–Crippen LogP) is 1.36. The summed E-state index contributed by atoms with van der Waals surface area (Å²) in [5.74, 6) is -0.304. The molecule has 0 spiro atoms. The highest BCUT2D eigenvalue weighted by molar-refractivity contribution is 5.76. The average Bonchev–Trinajstić information content (AvgIpc) is 2.29. The Morgan fingerprint density at radius 2 is 2.31 bits per heavy atom. The van der Waals surface area contributed by atoms with Gasteiger partial charge in [-0.15, -0.1) is 0 Å². The summed E-state index contributed by atoms with van der Waals surface area (Å²) in [5, 5.41) is 10.2. The van der Waals surface area contributed by atoms with Crippen LogP contribution in [0.2, 0.25) is 0 Å². The Labute approximate surface area is 96.9 Å². The fourth-order valence-corrected chi connectivity index (χ4v) is 2.04. The van der Waals surface area contributed by atoms with E-state index in [0.717, 1.165) is 19.4 Å². The van der Waals surface area contributed by atoms with Crippen molar-refractivity contribution in [1.29, 1.82) is 0 Å². The molecule has 0 radical (unpaired) electrons. The van der Waals surface area contributed by atoms with E-state index in [-0.39, 0.29) is 11.9 Å². The number of esters is 1. The van der Waals surface area contributed by atoms with Crippen molar-refractivity contribution in [3.05, 3.63) is 0 Å². The van der Waals surface area contributed by atoms with Crippen LogP contribution in [0.3, 0.4) is 0 Å². The van der Waals surface area contributed by atoms with Gasteiger partial charge in [0.15, 0.2) is 0 Å². The van der Waals surface area contributed by atoms with E-state index in [0.29, 0.717) is 13.2 Å². The van der Waals surface area contributed by atoms with Gasteiger partial charge in [0.1, 0.15) is 0 Å². The van der Waals surface area contributed by atoms with E-state index in [1.807, 2.05) is 0 Å². The molecule has 1 saturated heterocycles. The summed E-state index contributed by atoms with van der Waals surface area (Å²) in [6.07, 6.45) is 1.15. The Balaban J connectivity index is 2.61. The minimum absolute atomic E-state index is 0.0353. The van der Waals surface area contributed by atoms with E-state index < -0.39 is 11.5 Å². The molecular weight excluding hydrogens is 208 g/mol. The van der Waals surface area contributed by atoms with Crippen molar-refractivity contribution in [1.82, 2.24) is 0 Å². The van der Waals surface area contributed by atoms with Crippen molar-refractivity contribution >= 4 is 5.97 Å². The molecule has 1 heterocycles. The lowest BCUT2D eigenvalue weighted by Gasteiger charge is -2.35. The number of aliphatic hydroxyl groups is 1. The van der Waals surface area contributed by atoms with Crippen molar-refractivity contribution in [3.8, 4) is 0 Å². The maximum Gasteiger partial charge on any atom is 0.314 e. The second-order valence-corrected chi connectivity index (χ2v) is 4.86. The summed E-state index contributed by atoms with van der Waals surface area (Å²) >= 11 is 0. The zero-order valence-corrected chi connectivity index (χ0v) is 10.4. The maximum atomic E-state index is 11.7. The highest BCUT2D eigenvalue weighted by Gasteiger charge is 2.41. The molecule has 0 amide bonds. The van der Waals surface area contributed by atoms with Crippen LogP contribution < -0.4 is 0 Å². The van der Waals surface area contributed by atoms with Crippen LogP contribution in [-0.2, 0) is 14.3 Å². The number of hydrogen-bond acceptors (Lipinski definition) is 4. The van der Waals surface area contributed by atoms with Gasteiger partial charge in [-0.05, 0) is 33.6 Å². The van der Waals surface area contributed by atoms with Crippen molar-refractivity contribution in [2.45, 2.75) is 39.7 Å². The zero-order valence-electron chi connectivity index (χ0n) is 10.4. The lowest BCUT2D eigenvalue weighted by Crippen LogP contribution is -2.45. The van der Waals surface area contributed by atoms with Crippen LogP contribution in [0.25, 0.3) is 0 Å². The van der Waals surface area contributed by atoms with Crippen molar-refractivity contribution in [2.24, 2.45) is 11.3 Å². The van der Waals surface area contributed by atoms with E-state index in [1.54, 1.807) is 20.8 Å². The molecule has 0 aromatic carbocycles. The van der Waals surface area contributed by atoms with Gasteiger partial charge in [0.25, 0.3) is 0 Å². The molecular formula is C12H22O4. The summed E-state index contributed by atoms with van der Waals surface area (Å²) in [6.45, 7) is 6.85. The smallest absolute Gasteiger partial charge is 0.314 e. The van der Waals surface area contributed by atoms with Crippen molar-refractivity contribution in [2.75, 3.05) is 19.8 Å². The maximum absolute atomic E-state index is 11.7. The number of aliphatic hydroxyl groups excluding tert-OH is 1. The third kappa shape index (κ3) is 2.95. The van der Waals surface area contributed by atoms with E-state index >= 15 is 0 Å². The second kappa shape index (κ2) is 5.64. The van der Waals surface area contributed by atoms with Crippen LogP contribution in [0.5, 0.6) is 0 Å². The molecule has 4 nitrogen and oxygen atoms in total. The second-order valence-electron chi connectivity index (χ2n) is 4.86. The van der Waals surface area contributed by atoms with Gasteiger partial charge in [-0.25, -0.2) is 0 Å². The highest BCUT2D eigenvalue weighted by atomic mass is 16.5. The third-order valence-electron chi connectivity index (χ3n) is 3.18. The number of ether oxygens (including phenoxy) is 2. The largest absolute Gasteiger partial charge is 0.466 e. The molecule has 1 N–H and O–H groups in total. The quantitative estimate of drug-likeness (QED) is 0.741. The van der Waals surface area contributed by atoms with Crippen LogP contribution in [0, 0.1) is 11.3 Å². The molecule has 2 unspecified atom stereocenters.